The number of nitrogens with one attached hydrogen (secondary N) is 1. The molecule has 5 heteroatoms. The molecule has 0 saturated heterocycles. The maximum Gasteiger partial charge on any atom is 0.256 e. The lowest BCUT2D eigenvalue weighted by Gasteiger charge is -2.27. The zero-order valence-electron chi connectivity index (χ0n) is 12.9. The van der Waals surface area contributed by atoms with Gasteiger partial charge in [-0.2, -0.15) is 0 Å². The highest BCUT2D eigenvalue weighted by Gasteiger charge is 2.32. The molecule has 1 N–H and O–H groups in total. The second-order valence-electron chi connectivity index (χ2n) is 4.95. The highest BCUT2D eigenvalue weighted by molar-refractivity contribution is 9.09. The van der Waals surface area contributed by atoms with Gasteiger partial charge in [-0.1, -0.05) is 29.8 Å². The van der Waals surface area contributed by atoms with Crippen LogP contribution in [0.25, 0.3) is 0 Å². The monoisotopic (exact) mass is 357 g/mol. The van der Waals surface area contributed by atoms with E-state index in [0.29, 0.717) is 19.6 Å². The number of ether oxygens (including phenoxy) is 2. The molecule has 0 aromatic heterocycles. The molecule has 0 aliphatic carbocycles. The quantitative estimate of drug-likeness (QED) is 0.679. The minimum atomic E-state index is -0.791. The van der Waals surface area contributed by atoms with Gasteiger partial charge in [0.05, 0.1) is 6.61 Å². The van der Waals surface area contributed by atoms with Crippen LogP contribution in [0.15, 0.2) is 24.3 Å². The lowest BCUT2D eigenvalue weighted by molar-refractivity contribution is -0.139. The minimum Gasteiger partial charge on any atom is -0.493 e. The molecule has 0 aliphatic heterocycles. The van der Waals surface area contributed by atoms with Crippen LogP contribution in [0.3, 0.4) is 0 Å². The van der Waals surface area contributed by atoms with Crippen LogP contribution in [0.1, 0.15) is 33.6 Å². The van der Waals surface area contributed by atoms with Crippen molar-refractivity contribution in [3.05, 3.63) is 24.3 Å². The van der Waals surface area contributed by atoms with Crippen LogP contribution in [0.5, 0.6) is 5.75 Å². The van der Waals surface area contributed by atoms with E-state index < -0.39 is 5.60 Å². The first-order valence-electron chi connectivity index (χ1n) is 7.30. The van der Waals surface area contributed by atoms with Crippen LogP contribution in [-0.4, -0.2) is 30.1 Å². The van der Waals surface area contributed by atoms with Crippen LogP contribution >= 0.6 is 15.9 Å². The summed E-state index contributed by atoms with van der Waals surface area (Å²) in [6, 6.07) is 7.34. The van der Waals surface area contributed by atoms with Gasteiger partial charge in [0.25, 0.3) is 5.91 Å². The van der Waals surface area contributed by atoms with E-state index in [1.165, 1.54) is 0 Å². The van der Waals surface area contributed by atoms with Crippen LogP contribution < -0.4 is 10.1 Å². The van der Waals surface area contributed by atoms with E-state index in [2.05, 4.69) is 21.2 Å². The third-order valence-corrected chi connectivity index (χ3v) is 3.56. The molecule has 0 saturated carbocycles. The summed E-state index contributed by atoms with van der Waals surface area (Å²) in [6.07, 6.45) is 1.52. The molecule has 0 radical (unpaired) electrons. The highest BCUT2D eigenvalue weighted by Crippen LogP contribution is 2.21. The number of halogens is 1. The molecular formula is C16H24BrNO3. The van der Waals surface area contributed by atoms with Crippen molar-refractivity contribution in [1.82, 2.24) is 0 Å². The number of rotatable bonds is 9. The predicted octanol–water partition coefficient (Wildman–Crippen LogP) is 3.99. The van der Waals surface area contributed by atoms with Crippen molar-refractivity contribution < 1.29 is 14.3 Å². The molecule has 1 aromatic carbocycles. The molecule has 0 fully saturated rings. The van der Waals surface area contributed by atoms with Gasteiger partial charge in [-0.25, -0.2) is 0 Å². The molecule has 0 bridgehead atoms. The third-order valence-electron chi connectivity index (χ3n) is 3.24. The second kappa shape index (κ2) is 9.05. The molecule has 1 aromatic rings. The fraction of sp³-hybridized carbons (Fsp3) is 0.562. The van der Waals surface area contributed by atoms with E-state index in [1.807, 2.05) is 45.0 Å². The van der Waals surface area contributed by atoms with Gasteiger partial charge >= 0.3 is 0 Å². The molecule has 21 heavy (non-hydrogen) atoms. The minimum absolute atomic E-state index is 0.118. The first kappa shape index (κ1) is 18.0. The molecular weight excluding hydrogens is 334 g/mol. The molecule has 118 valence electrons. The van der Waals surface area contributed by atoms with Crippen LogP contribution in [0, 0.1) is 0 Å². The normalized spacial score (nSPS) is 13.5. The number of benzene rings is 1. The van der Waals surface area contributed by atoms with E-state index in [9.17, 15) is 4.79 Å². The molecule has 1 amide bonds. The van der Waals surface area contributed by atoms with E-state index in [4.69, 9.17) is 9.47 Å². The van der Waals surface area contributed by atoms with Gasteiger partial charge < -0.3 is 14.8 Å². The van der Waals surface area contributed by atoms with E-state index in [-0.39, 0.29) is 5.91 Å². The standard InChI is InChI=1S/C16H24BrNO3/c1-4-11-21-16(3,5-2)15(19)18-13-6-8-14(9-7-13)20-12-10-17/h6-9H,4-5,10-12H2,1-3H3,(H,18,19). The Kier molecular flexibility index (Phi) is 7.75. The maximum absolute atomic E-state index is 12.4. The average Bonchev–Trinajstić information content (AvgIpc) is 2.51. The summed E-state index contributed by atoms with van der Waals surface area (Å²) in [5, 5.41) is 3.68. The summed E-state index contributed by atoms with van der Waals surface area (Å²) in [5.74, 6) is 0.667. The Balaban J connectivity index is 2.64. The number of carbonyl (C=O) groups is 1. The van der Waals surface area contributed by atoms with E-state index in [1.54, 1.807) is 0 Å². The van der Waals surface area contributed by atoms with Crippen molar-refractivity contribution in [3.63, 3.8) is 0 Å². The second-order valence-corrected chi connectivity index (χ2v) is 5.74. The zero-order chi connectivity index (χ0) is 15.7. The smallest absolute Gasteiger partial charge is 0.256 e. The third kappa shape index (κ3) is 5.67. The molecule has 0 spiro atoms. The SMILES string of the molecule is CCCOC(C)(CC)C(=O)Nc1ccc(OCCBr)cc1. The molecule has 1 unspecified atom stereocenters. The predicted molar refractivity (Wildman–Crippen MR) is 89.3 cm³/mol. The molecule has 0 heterocycles. The number of alkyl halides is 1. The topological polar surface area (TPSA) is 47.6 Å². The van der Waals surface area contributed by atoms with E-state index in [0.717, 1.165) is 23.2 Å². The number of carbonyl (C=O) groups excluding carboxylic acids is 1. The molecule has 1 rings (SSSR count). The summed E-state index contributed by atoms with van der Waals surface area (Å²) >= 11 is 3.31. The summed E-state index contributed by atoms with van der Waals surface area (Å²) in [4.78, 5) is 12.4. The number of amides is 1. The molecule has 4 nitrogen and oxygen atoms in total. The van der Waals surface area contributed by atoms with Crippen molar-refractivity contribution in [3.8, 4) is 5.75 Å². The van der Waals surface area contributed by atoms with Gasteiger partial charge in [0.2, 0.25) is 0 Å². The summed E-state index contributed by atoms with van der Waals surface area (Å²) in [6.45, 7) is 7.00. The van der Waals surface area contributed by atoms with Crippen molar-refractivity contribution in [2.45, 2.75) is 39.2 Å². The highest BCUT2D eigenvalue weighted by atomic mass is 79.9. The van der Waals surface area contributed by atoms with Gasteiger partial charge in [0, 0.05) is 17.6 Å². The first-order chi connectivity index (χ1) is 10.1. The van der Waals surface area contributed by atoms with E-state index >= 15 is 0 Å². The Morgan fingerprint density at radius 3 is 2.43 bits per heavy atom. The summed E-state index contributed by atoms with van der Waals surface area (Å²) in [5.41, 5.74) is -0.0489. The number of anilines is 1. The average molecular weight is 358 g/mol. The zero-order valence-corrected chi connectivity index (χ0v) is 14.5. The molecule has 0 aliphatic rings. The lowest BCUT2D eigenvalue weighted by atomic mass is 10.0. The Hall–Kier alpha value is -1.07. The van der Waals surface area contributed by atoms with Crippen molar-refractivity contribution >= 4 is 27.5 Å². The van der Waals surface area contributed by atoms with Crippen LogP contribution in [0.4, 0.5) is 5.69 Å². The summed E-state index contributed by atoms with van der Waals surface area (Å²) < 4.78 is 11.2. The fourth-order valence-corrected chi connectivity index (χ4v) is 1.87. The number of hydrogen-bond donors (Lipinski definition) is 1. The van der Waals surface area contributed by atoms with Gasteiger partial charge in [0.1, 0.15) is 11.4 Å². The van der Waals surface area contributed by atoms with Gasteiger partial charge in [-0.05, 0) is 44.0 Å². The van der Waals surface area contributed by atoms with Gasteiger partial charge in [-0.15, -0.1) is 0 Å². The summed E-state index contributed by atoms with van der Waals surface area (Å²) in [7, 11) is 0. The number of hydrogen-bond acceptors (Lipinski definition) is 3. The Morgan fingerprint density at radius 2 is 1.90 bits per heavy atom. The van der Waals surface area contributed by atoms with Crippen LogP contribution in [0.2, 0.25) is 0 Å². The van der Waals surface area contributed by atoms with Gasteiger partial charge in [-0.3, -0.25) is 4.79 Å². The molecule has 1 atom stereocenters. The van der Waals surface area contributed by atoms with Crippen molar-refractivity contribution in [1.29, 1.82) is 0 Å². The Bertz CT molecular complexity index is 436. The Labute approximate surface area is 135 Å². The first-order valence-corrected chi connectivity index (χ1v) is 8.42. The lowest BCUT2D eigenvalue weighted by Crippen LogP contribution is -2.42. The van der Waals surface area contributed by atoms with Gasteiger partial charge in [0.15, 0.2) is 0 Å². The Morgan fingerprint density at radius 1 is 1.24 bits per heavy atom. The van der Waals surface area contributed by atoms with Crippen LogP contribution in [-0.2, 0) is 9.53 Å². The van der Waals surface area contributed by atoms with Crippen molar-refractivity contribution in [2.75, 3.05) is 23.9 Å². The fourth-order valence-electron chi connectivity index (χ4n) is 1.71. The van der Waals surface area contributed by atoms with Crippen molar-refractivity contribution in [2.24, 2.45) is 0 Å². The largest absolute Gasteiger partial charge is 0.493 e. The maximum atomic E-state index is 12.4.